The van der Waals surface area contributed by atoms with Crippen molar-refractivity contribution < 1.29 is 10.2 Å². The Kier molecular flexibility index (Phi) is 3.68. The number of aryl methyl sites for hydroxylation is 1. The maximum atomic E-state index is 12.7. The van der Waals surface area contributed by atoms with Gasteiger partial charge in [-0.05, 0) is 48.8 Å². The topological polar surface area (TPSA) is 29.0 Å². The summed E-state index contributed by atoms with van der Waals surface area (Å²) in [5.74, 6) is 0. The Hall–Kier alpha value is -2.08. The molecule has 1 aliphatic heterocycles. The maximum absolute atomic E-state index is 12.7. The van der Waals surface area contributed by atoms with Crippen LogP contribution in [0.5, 0.6) is 0 Å². The molecular weight excluding hydrogens is 304 g/mol. The van der Waals surface area contributed by atoms with Crippen molar-refractivity contribution in [3.8, 4) is 0 Å². The summed E-state index contributed by atoms with van der Waals surface area (Å²) < 4.78 is 33.2. The van der Waals surface area contributed by atoms with E-state index in [0.29, 0.717) is 11.7 Å². The van der Waals surface area contributed by atoms with Gasteiger partial charge in [0.15, 0.2) is 5.13 Å². The lowest BCUT2D eigenvalue weighted by Crippen LogP contribution is -2.22. The molecule has 22 heavy (non-hydrogen) atoms. The van der Waals surface area contributed by atoms with E-state index in [-0.39, 0.29) is 11.9 Å². The first-order valence-electron chi connectivity index (χ1n) is 7.28. The van der Waals surface area contributed by atoms with Gasteiger partial charge in [0, 0.05) is 23.4 Å². The molecule has 3 rings (SSSR count). The van der Waals surface area contributed by atoms with Crippen molar-refractivity contribution in [2.24, 2.45) is 0 Å². The minimum atomic E-state index is -2.56. The number of alkyl halides is 2. The van der Waals surface area contributed by atoms with Crippen LogP contribution in [0.3, 0.4) is 0 Å². The molecule has 0 unspecified atom stereocenters. The van der Waals surface area contributed by atoms with E-state index in [0.717, 1.165) is 22.4 Å². The molecule has 6 heteroatoms. The van der Waals surface area contributed by atoms with Crippen LogP contribution in [0.1, 0.15) is 31.7 Å². The van der Waals surface area contributed by atoms with Gasteiger partial charge in [0.25, 0.3) is 6.43 Å². The molecule has 2 aromatic rings. The number of allylic oxidation sites excluding steroid dienone is 2. The summed E-state index contributed by atoms with van der Waals surface area (Å²) in [4.78, 5) is 9.91. The van der Waals surface area contributed by atoms with Crippen LogP contribution >= 0.6 is 11.3 Å². The van der Waals surface area contributed by atoms with Gasteiger partial charge in [-0.3, -0.25) is 4.98 Å². The van der Waals surface area contributed by atoms with E-state index >= 15 is 0 Å². The summed E-state index contributed by atoms with van der Waals surface area (Å²) in [7, 11) is 0. The molecule has 0 aromatic carbocycles. The third-order valence-electron chi connectivity index (χ3n) is 3.46. The molecule has 3 heterocycles. The second-order valence-electron chi connectivity index (χ2n) is 5.09. The molecule has 0 atom stereocenters. The second-order valence-corrected chi connectivity index (χ2v) is 5.92. The minimum Gasteiger partial charge on any atom is -0.320 e. The van der Waals surface area contributed by atoms with Crippen LogP contribution in [-0.2, 0) is 0 Å². The molecule has 0 aliphatic carbocycles. The fourth-order valence-electron chi connectivity index (χ4n) is 2.29. The van der Waals surface area contributed by atoms with Crippen LogP contribution in [0.2, 0.25) is 0 Å². The van der Waals surface area contributed by atoms with Gasteiger partial charge >= 0.3 is 0 Å². The van der Waals surface area contributed by atoms with Gasteiger partial charge in [0.2, 0.25) is 0 Å². The van der Waals surface area contributed by atoms with Crippen molar-refractivity contribution in [3.63, 3.8) is 0 Å². The zero-order chi connectivity index (χ0) is 16.6. The molecule has 1 aliphatic rings. The minimum absolute atomic E-state index is 0.195. The normalized spacial score (nSPS) is 15.7. The Morgan fingerprint density at radius 1 is 1.41 bits per heavy atom. The number of hydrogen-bond acceptors (Lipinski definition) is 4. The second kappa shape index (κ2) is 5.96. The fraction of sp³-hybridized carbons (Fsp3) is 0.250. The average Bonchev–Trinajstić information content (AvgIpc) is 2.96. The number of halogens is 2. The summed E-state index contributed by atoms with van der Waals surface area (Å²) in [5.41, 5.74) is 3.64. The third-order valence-corrected chi connectivity index (χ3v) is 4.36. The Morgan fingerprint density at radius 2 is 2.23 bits per heavy atom. The van der Waals surface area contributed by atoms with Gasteiger partial charge in [-0.25, -0.2) is 13.8 Å². The largest absolute Gasteiger partial charge is 0.320 e. The molecule has 0 spiro atoms. The van der Waals surface area contributed by atoms with Gasteiger partial charge in [-0.2, -0.15) is 0 Å². The summed E-state index contributed by atoms with van der Waals surface area (Å²) in [5, 5.41) is 1.93. The van der Waals surface area contributed by atoms with Crippen LogP contribution in [0, 0.1) is 6.92 Å². The lowest BCUT2D eigenvalue weighted by atomic mass is 9.98. The Morgan fingerprint density at radius 3 is 2.91 bits per heavy atom. The zero-order valence-corrected chi connectivity index (χ0v) is 13.0. The Bertz CT molecular complexity index is 778. The molecule has 3 nitrogen and oxygen atoms in total. The number of thiazole rings is 1. The van der Waals surface area contributed by atoms with Crippen molar-refractivity contribution in [2.45, 2.75) is 20.3 Å². The van der Waals surface area contributed by atoms with Crippen LogP contribution in [-0.4, -0.2) is 16.5 Å². The summed E-state index contributed by atoms with van der Waals surface area (Å²) in [6, 6.07) is 3.65. The highest BCUT2D eigenvalue weighted by molar-refractivity contribution is 7.13. The predicted octanol–water partition coefficient (Wildman–Crippen LogP) is 4.59. The van der Waals surface area contributed by atoms with E-state index in [1.807, 2.05) is 37.1 Å². The highest BCUT2D eigenvalue weighted by atomic mass is 32.1. The lowest BCUT2D eigenvalue weighted by molar-refractivity contribution is 0.147. The van der Waals surface area contributed by atoms with E-state index in [4.69, 9.17) is 1.37 Å². The number of anilines is 1. The highest BCUT2D eigenvalue weighted by Crippen LogP contribution is 2.32. The first-order valence-corrected chi connectivity index (χ1v) is 7.66. The van der Waals surface area contributed by atoms with Crippen molar-refractivity contribution >= 4 is 22.0 Å². The average molecular weight is 320 g/mol. The van der Waals surface area contributed by atoms with E-state index in [1.165, 1.54) is 16.7 Å². The Balaban J connectivity index is 1.91. The molecular formula is C16H15F2N3S. The molecule has 2 aromatic heterocycles. The lowest BCUT2D eigenvalue weighted by Gasteiger charge is -2.25. The van der Waals surface area contributed by atoms with Gasteiger partial charge in [0.1, 0.15) is 5.69 Å². The van der Waals surface area contributed by atoms with Crippen molar-refractivity contribution in [2.75, 3.05) is 11.4 Å². The number of rotatable bonds is 3. The molecule has 0 saturated carbocycles. The molecule has 0 N–H and O–H groups in total. The number of nitrogens with zero attached hydrogens (tertiary/aromatic N) is 3. The van der Waals surface area contributed by atoms with Crippen LogP contribution < -0.4 is 4.90 Å². The SMILES string of the molecule is [2H]c1cc(C2=C(C)C=CN(c3nc(C(F)F)cs3)C2)cc(C)n1. The smallest absolute Gasteiger partial charge is 0.281 e. The third kappa shape index (κ3) is 2.92. The first kappa shape index (κ1) is 13.6. The van der Waals surface area contributed by atoms with Crippen LogP contribution in [0.25, 0.3) is 5.57 Å². The molecule has 0 bridgehead atoms. The van der Waals surface area contributed by atoms with Crippen molar-refractivity contribution in [1.29, 1.82) is 0 Å². The number of pyridine rings is 1. The van der Waals surface area contributed by atoms with E-state index in [9.17, 15) is 8.78 Å². The molecule has 0 saturated heterocycles. The van der Waals surface area contributed by atoms with Gasteiger partial charge in [-0.15, -0.1) is 11.3 Å². The van der Waals surface area contributed by atoms with Crippen LogP contribution in [0.4, 0.5) is 13.9 Å². The molecule has 0 amide bonds. The first-order chi connectivity index (χ1) is 10.9. The van der Waals surface area contributed by atoms with Gasteiger partial charge in [-0.1, -0.05) is 0 Å². The predicted molar refractivity (Wildman–Crippen MR) is 85.1 cm³/mol. The van der Waals surface area contributed by atoms with Crippen LogP contribution in [0.15, 0.2) is 41.5 Å². The van der Waals surface area contributed by atoms with Gasteiger partial charge in [0.05, 0.1) is 7.92 Å². The molecule has 0 fully saturated rings. The number of hydrogen-bond donors (Lipinski definition) is 0. The zero-order valence-electron chi connectivity index (χ0n) is 13.2. The van der Waals surface area contributed by atoms with E-state index in [1.54, 1.807) is 6.07 Å². The highest BCUT2D eigenvalue weighted by Gasteiger charge is 2.19. The summed E-state index contributed by atoms with van der Waals surface area (Å²) in [6.07, 6.45) is 1.44. The monoisotopic (exact) mass is 320 g/mol. The quantitative estimate of drug-likeness (QED) is 0.828. The Labute approximate surface area is 133 Å². The maximum Gasteiger partial charge on any atom is 0.281 e. The van der Waals surface area contributed by atoms with Crippen molar-refractivity contribution in [1.82, 2.24) is 9.97 Å². The fourth-order valence-corrected chi connectivity index (χ4v) is 3.09. The molecule has 0 radical (unpaired) electrons. The summed E-state index contributed by atoms with van der Waals surface area (Å²) >= 11 is 1.20. The van der Waals surface area contributed by atoms with E-state index in [2.05, 4.69) is 9.97 Å². The molecule has 114 valence electrons. The van der Waals surface area contributed by atoms with Gasteiger partial charge < -0.3 is 4.90 Å². The standard InChI is InChI=1S/C16H15F2N3S/c1-10-4-6-21(16-20-14(9-22-16)15(17)18)8-13(10)12-3-5-19-11(2)7-12/h3-7,9,15H,8H2,1-2H3/i5D. The summed E-state index contributed by atoms with van der Waals surface area (Å²) in [6.45, 7) is 4.38. The van der Waals surface area contributed by atoms with E-state index < -0.39 is 6.43 Å². The van der Waals surface area contributed by atoms with Crippen molar-refractivity contribution in [3.05, 3.63) is 58.5 Å². The number of aromatic nitrogens is 2.